The Labute approximate surface area is 245 Å². The van der Waals surface area contributed by atoms with Crippen molar-refractivity contribution in [3.8, 4) is 0 Å². The number of unbranched alkanes of at least 4 members (excludes halogenated alkanes) is 1. The van der Waals surface area contributed by atoms with Crippen LogP contribution in [0.5, 0.6) is 0 Å². The van der Waals surface area contributed by atoms with Gasteiger partial charge in [-0.2, -0.15) is 0 Å². The van der Waals surface area contributed by atoms with Crippen LogP contribution in [0.15, 0.2) is 0 Å². The van der Waals surface area contributed by atoms with E-state index in [0.29, 0.717) is 25.4 Å². The number of hydrogen-bond donors (Lipinski definition) is 2. The lowest BCUT2D eigenvalue weighted by Gasteiger charge is -2.34. The first kappa shape index (κ1) is 32.7. The normalized spacial score (nSPS) is 37.2. The van der Waals surface area contributed by atoms with Crippen LogP contribution < -0.4 is 0 Å². The maximum absolute atomic E-state index is 9.74. The summed E-state index contributed by atoms with van der Waals surface area (Å²) in [5.74, 6) is 3.36. The number of rotatable bonds is 15. The third kappa shape index (κ3) is 12.2. The van der Waals surface area contributed by atoms with Crippen molar-refractivity contribution in [3.05, 3.63) is 0 Å². The van der Waals surface area contributed by atoms with Crippen molar-refractivity contribution in [2.45, 2.75) is 179 Å². The molecule has 4 aliphatic rings. The summed E-state index contributed by atoms with van der Waals surface area (Å²) in [6.07, 6.45) is 23.7. The Morgan fingerprint density at radius 1 is 0.475 bits per heavy atom. The molecule has 0 aromatic carbocycles. The van der Waals surface area contributed by atoms with Crippen LogP contribution in [0.2, 0.25) is 0 Å². The molecule has 4 saturated carbocycles. The average molecular weight is 567 g/mol. The highest BCUT2D eigenvalue weighted by molar-refractivity contribution is 4.80. The van der Waals surface area contributed by atoms with E-state index in [2.05, 4.69) is 0 Å². The minimum Gasteiger partial charge on any atom is -0.393 e. The largest absolute Gasteiger partial charge is 0.393 e. The molecule has 4 aliphatic carbocycles. The van der Waals surface area contributed by atoms with Crippen molar-refractivity contribution < 1.29 is 29.2 Å². The molecule has 0 aromatic heterocycles. The van der Waals surface area contributed by atoms with Crippen LogP contribution >= 0.6 is 0 Å². The van der Waals surface area contributed by atoms with E-state index in [1.165, 1.54) is 64.2 Å². The Hall–Kier alpha value is -0.240. The Balaban J connectivity index is 0.945. The highest BCUT2D eigenvalue weighted by Gasteiger charge is 2.29. The van der Waals surface area contributed by atoms with Crippen LogP contribution in [0.1, 0.15) is 142 Å². The Morgan fingerprint density at radius 2 is 0.775 bits per heavy atom. The number of aliphatic hydroxyl groups is 2. The van der Waals surface area contributed by atoms with Gasteiger partial charge in [0.2, 0.25) is 0 Å². The van der Waals surface area contributed by atoms with Crippen LogP contribution in [0.4, 0.5) is 0 Å². The van der Waals surface area contributed by atoms with E-state index in [1.807, 2.05) is 13.8 Å². The van der Waals surface area contributed by atoms with Crippen molar-refractivity contribution in [1.82, 2.24) is 0 Å². The topological polar surface area (TPSA) is 77.4 Å². The summed E-state index contributed by atoms with van der Waals surface area (Å²) in [4.78, 5) is 0. The zero-order valence-electron chi connectivity index (χ0n) is 25.9. The molecule has 6 nitrogen and oxygen atoms in total. The first-order chi connectivity index (χ1) is 19.4. The van der Waals surface area contributed by atoms with Gasteiger partial charge < -0.3 is 29.2 Å². The molecule has 4 rings (SSSR count). The molecule has 2 unspecified atom stereocenters. The van der Waals surface area contributed by atoms with Crippen LogP contribution in [0, 0.1) is 23.7 Å². The van der Waals surface area contributed by atoms with E-state index in [0.717, 1.165) is 87.9 Å². The van der Waals surface area contributed by atoms with E-state index in [9.17, 15) is 10.2 Å². The van der Waals surface area contributed by atoms with Gasteiger partial charge in [0.05, 0.1) is 24.4 Å². The fraction of sp³-hybridized carbons (Fsp3) is 1.00. The quantitative estimate of drug-likeness (QED) is 0.158. The lowest BCUT2D eigenvalue weighted by Crippen LogP contribution is -2.29. The van der Waals surface area contributed by atoms with Crippen molar-refractivity contribution >= 4 is 0 Å². The maximum atomic E-state index is 9.74. The minimum atomic E-state index is -0.135. The maximum Gasteiger partial charge on any atom is 0.155 e. The minimum absolute atomic E-state index is 0.0405. The van der Waals surface area contributed by atoms with Crippen LogP contribution in [-0.2, 0) is 18.9 Å². The Bertz CT molecular complexity index is 587. The molecule has 0 amide bonds. The summed E-state index contributed by atoms with van der Waals surface area (Å²) < 4.78 is 24.3. The molecule has 2 N–H and O–H groups in total. The third-order valence-electron chi connectivity index (χ3n) is 10.6. The summed E-state index contributed by atoms with van der Waals surface area (Å²) in [6, 6.07) is 0. The molecule has 0 bridgehead atoms. The molecule has 6 heteroatoms. The van der Waals surface area contributed by atoms with Gasteiger partial charge in [-0.1, -0.05) is 0 Å². The van der Waals surface area contributed by atoms with Gasteiger partial charge in [-0.3, -0.25) is 0 Å². The standard InChI is InChI=1S/C34H62O6/c1-25(39-33-17-9-29(10-18-33)23-27-5-13-31(35)14-6-27)37-21-3-4-22-38-26(2)40-34-19-11-30(12-20-34)24-28-7-15-32(36)16-8-28/h25-36H,3-24H2,1-2H3. The Morgan fingerprint density at radius 3 is 1.10 bits per heavy atom. The summed E-state index contributed by atoms with van der Waals surface area (Å²) in [6.45, 7) is 5.51. The molecule has 0 aromatic rings. The van der Waals surface area contributed by atoms with Crippen molar-refractivity contribution in [2.24, 2.45) is 23.7 Å². The van der Waals surface area contributed by atoms with E-state index in [-0.39, 0.29) is 24.8 Å². The fourth-order valence-corrected chi connectivity index (χ4v) is 8.03. The van der Waals surface area contributed by atoms with Crippen LogP contribution in [0.3, 0.4) is 0 Å². The number of ether oxygens (including phenoxy) is 4. The van der Waals surface area contributed by atoms with Gasteiger partial charge in [-0.15, -0.1) is 0 Å². The lowest BCUT2D eigenvalue weighted by molar-refractivity contribution is -0.175. The van der Waals surface area contributed by atoms with Gasteiger partial charge in [0.15, 0.2) is 12.6 Å². The molecule has 0 radical (unpaired) electrons. The highest BCUT2D eigenvalue weighted by atomic mass is 16.7. The predicted molar refractivity (Wildman–Crippen MR) is 159 cm³/mol. The molecular weight excluding hydrogens is 504 g/mol. The van der Waals surface area contributed by atoms with Gasteiger partial charge in [0.1, 0.15) is 0 Å². The zero-order chi connectivity index (χ0) is 28.2. The smallest absolute Gasteiger partial charge is 0.155 e. The molecule has 0 heterocycles. The van der Waals surface area contributed by atoms with Gasteiger partial charge in [0, 0.05) is 13.2 Å². The summed E-state index contributed by atoms with van der Waals surface area (Å²) in [5.41, 5.74) is 0. The second kappa shape index (κ2) is 17.8. The van der Waals surface area contributed by atoms with Crippen molar-refractivity contribution in [1.29, 1.82) is 0 Å². The highest BCUT2D eigenvalue weighted by Crippen LogP contribution is 2.37. The molecule has 40 heavy (non-hydrogen) atoms. The summed E-state index contributed by atoms with van der Waals surface area (Å²) >= 11 is 0. The first-order valence-corrected chi connectivity index (χ1v) is 17.3. The molecule has 0 spiro atoms. The Kier molecular flexibility index (Phi) is 14.5. The second-order valence-corrected chi connectivity index (χ2v) is 14.0. The van der Waals surface area contributed by atoms with E-state index in [4.69, 9.17) is 18.9 Å². The van der Waals surface area contributed by atoms with Crippen LogP contribution in [0.25, 0.3) is 0 Å². The number of aliphatic hydroxyl groups excluding tert-OH is 2. The van der Waals surface area contributed by atoms with Gasteiger partial charge >= 0.3 is 0 Å². The van der Waals surface area contributed by atoms with E-state index >= 15 is 0 Å². The fourth-order valence-electron chi connectivity index (χ4n) is 8.03. The lowest BCUT2D eigenvalue weighted by atomic mass is 9.76. The first-order valence-electron chi connectivity index (χ1n) is 17.3. The molecule has 0 saturated heterocycles. The van der Waals surface area contributed by atoms with Crippen molar-refractivity contribution in [2.75, 3.05) is 13.2 Å². The van der Waals surface area contributed by atoms with E-state index in [1.54, 1.807) is 0 Å². The second-order valence-electron chi connectivity index (χ2n) is 14.0. The summed E-state index contributed by atoms with van der Waals surface area (Å²) in [5, 5.41) is 19.5. The van der Waals surface area contributed by atoms with Crippen molar-refractivity contribution in [3.63, 3.8) is 0 Å². The van der Waals surface area contributed by atoms with Gasteiger partial charge in [0.25, 0.3) is 0 Å². The van der Waals surface area contributed by atoms with Gasteiger partial charge in [-0.05, 0) is 166 Å². The monoisotopic (exact) mass is 566 g/mol. The predicted octanol–water partition coefficient (Wildman–Crippen LogP) is 7.53. The average Bonchev–Trinajstić information content (AvgIpc) is 2.95. The number of hydrogen-bond acceptors (Lipinski definition) is 6. The summed E-state index contributed by atoms with van der Waals surface area (Å²) in [7, 11) is 0. The molecular formula is C34H62O6. The molecule has 234 valence electrons. The zero-order valence-corrected chi connectivity index (χ0v) is 25.9. The molecule has 0 aliphatic heterocycles. The van der Waals surface area contributed by atoms with E-state index < -0.39 is 0 Å². The third-order valence-corrected chi connectivity index (χ3v) is 10.6. The van der Waals surface area contributed by atoms with Crippen LogP contribution in [-0.4, -0.2) is 60.4 Å². The molecule has 2 atom stereocenters. The van der Waals surface area contributed by atoms with Gasteiger partial charge in [-0.25, -0.2) is 0 Å². The SMILES string of the molecule is CC(OCCCCOC(C)OC1CCC(CC2CCC(O)CC2)CC1)OC1CCC(CC2CCC(O)CC2)CC1. The molecule has 4 fully saturated rings.